The molecule has 0 unspecified atom stereocenters. The number of rotatable bonds is 2. The van der Waals surface area contributed by atoms with Crippen molar-refractivity contribution < 1.29 is 0 Å². The lowest BCUT2D eigenvalue weighted by molar-refractivity contribution is 0.443. The van der Waals surface area contributed by atoms with Gasteiger partial charge in [-0.3, -0.25) is 0 Å². The van der Waals surface area contributed by atoms with Crippen LogP contribution in [0.3, 0.4) is 0 Å². The van der Waals surface area contributed by atoms with E-state index in [2.05, 4.69) is 34.2 Å². The smallest absolute Gasteiger partial charge is 0.227 e. The van der Waals surface area contributed by atoms with Crippen molar-refractivity contribution in [2.45, 2.75) is 38.0 Å². The highest BCUT2D eigenvalue weighted by atomic mass is 14.9. The van der Waals surface area contributed by atoms with Gasteiger partial charge < -0.3 is 0 Å². The van der Waals surface area contributed by atoms with E-state index in [4.69, 9.17) is 5.26 Å². The fraction of sp³-hybridized carbons (Fsp3) is 0.353. The minimum Gasteiger partial charge on any atom is -0.227 e. The van der Waals surface area contributed by atoms with Crippen molar-refractivity contribution in [2.24, 2.45) is 0 Å². The zero-order chi connectivity index (χ0) is 13.8. The number of hydrogen-bond donors (Lipinski definition) is 0. The Labute approximate surface area is 119 Å². The van der Waals surface area contributed by atoms with Crippen LogP contribution in [0.25, 0.3) is 11.3 Å². The second kappa shape index (κ2) is 5.83. The Bertz CT molecular complexity index is 619. The van der Waals surface area contributed by atoms with Crippen LogP contribution in [0.15, 0.2) is 36.5 Å². The third-order valence-corrected chi connectivity index (χ3v) is 4.04. The topological polar surface area (TPSA) is 49.6 Å². The van der Waals surface area contributed by atoms with Gasteiger partial charge in [-0.05, 0) is 30.4 Å². The average molecular weight is 263 g/mol. The molecule has 1 heterocycles. The second-order valence-electron chi connectivity index (χ2n) is 5.33. The maximum atomic E-state index is 8.85. The van der Waals surface area contributed by atoms with Crippen molar-refractivity contribution in [3.05, 3.63) is 47.9 Å². The molecule has 20 heavy (non-hydrogen) atoms. The van der Waals surface area contributed by atoms with Crippen molar-refractivity contribution in [2.75, 3.05) is 0 Å². The van der Waals surface area contributed by atoms with Crippen LogP contribution in [0, 0.1) is 11.3 Å². The summed E-state index contributed by atoms with van der Waals surface area (Å²) in [4.78, 5) is 8.13. The number of benzene rings is 1. The first-order valence-corrected chi connectivity index (χ1v) is 7.20. The van der Waals surface area contributed by atoms with Gasteiger partial charge in [0.05, 0.1) is 5.69 Å². The van der Waals surface area contributed by atoms with Gasteiger partial charge in [0.1, 0.15) is 6.07 Å². The zero-order valence-electron chi connectivity index (χ0n) is 11.4. The number of nitrogens with zero attached hydrogens (tertiary/aromatic N) is 3. The highest BCUT2D eigenvalue weighted by Gasteiger charge is 2.15. The SMILES string of the molecule is N#Cc1nccc(-c2ccc(C3CCCCC3)cc2)n1. The van der Waals surface area contributed by atoms with Gasteiger partial charge in [-0.25, -0.2) is 9.97 Å². The van der Waals surface area contributed by atoms with Gasteiger partial charge in [0, 0.05) is 11.8 Å². The van der Waals surface area contributed by atoms with E-state index < -0.39 is 0 Å². The molecule has 0 amide bonds. The van der Waals surface area contributed by atoms with E-state index in [9.17, 15) is 0 Å². The van der Waals surface area contributed by atoms with Crippen molar-refractivity contribution in [1.82, 2.24) is 9.97 Å². The molecule has 3 nitrogen and oxygen atoms in total. The highest BCUT2D eigenvalue weighted by molar-refractivity contribution is 5.59. The molecule has 0 aliphatic heterocycles. The van der Waals surface area contributed by atoms with E-state index in [1.165, 1.54) is 37.7 Å². The maximum absolute atomic E-state index is 8.85. The fourth-order valence-electron chi connectivity index (χ4n) is 2.94. The molecule has 1 aromatic heterocycles. The van der Waals surface area contributed by atoms with Crippen LogP contribution in [-0.4, -0.2) is 9.97 Å². The van der Waals surface area contributed by atoms with Crippen molar-refractivity contribution in [3.63, 3.8) is 0 Å². The van der Waals surface area contributed by atoms with Crippen molar-refractivity contribution >= 4 is 0 Å². The first-order valence-electron chi connectivity index (χ1n) is 7.20. The minimum absolute atomic E-state index is 0.221. The summed E-state index contributed by atoms with van der Waals surface area (Å²) in [5, 5.41) is 8.85. The Balaban J connectivity index is 1.83. The molecule has 3 rings (SSSR count). The molecule has 0 spiro atoms. The van der Waals surface area contributed by atoms with Crippen LogP contribution < -0.4 is 0 Å². The standard InChI is InChI=1S/C17H17N3/c18-12-17-19-11-10-16(20-17)15-8-6-14(7-9-15)13-4-2-1-3-5-13/h6-11,13H,1-5H2. The van der Waals surface area contributed by atoms with Crippen LogP contribution in [0.2, 0.25) is 0 Å². The first-order chi connectivity index (χ1) is 9.86. The number of hydrogen-bond acceptors (Lipinski definition) is 3. The molecule has 0 bridgehead atoms. The Hall–Kier alpha value is -2.21. The monoisotopic (exact) mass is 263 g/mol. The molecule has 0 saturated heterocycles. The molecule has 2 aromatic rings. The predicted octanol–water partition coefficient (Wildman–Crippen LogP) is 4.06. The van der Waals surface area contributed by atoms with Crippen LogP contribution in [0.4, 0.5) is 0 Å². The van der Waals surface area contributed by atoms with Gasteiger partial charge in [-0.1, -0.05) is 43.5 Å². The summed E-state index contributed by atoms with van der Waals surface area (Å²) in [5.74, 6) is 0.941. The first kappa shape index (κ1) is 12.8. The van der Waals surface area contributed by atoms with Gasteiger partial charge >= 0.3 is 0 Å². The zero-order valence-corrected chi connectivity index (χ0v) is 11.4. The summed E-state index contributed by atoms with van der Waals surface area (Å²) in [6, 6.07) is 12.4. The van der Waals surface area contributed by atoms with Gasteiger partial charge in [0.15, 0.2) is 0 Å². The van der Waals surface area contributed by atoms with E-state index >= 15 is 0 Å². The molecule has 100 valence electrons. The maximum Gasteiger partial charge on any atom is 0.232 e. The van der Waals surface area contributed by atoms with Crippen molar-refractivity contribution in [1.29, 1.82) is 5.26 Å². The van der Waals surface area contributed by atoms with E-state index in [0.717, 1.165) is 17.2 Å². The molecular weight excluding hydrogens is 246 g/mol. The summed E-state index contributed by atoms with van der Waals surface area (Å²) in [6.07, 6.45) is 8.34. The molecule has 3 heteroatoms. The normalized spacial score (nSPS) is 15.8. The average Bonchev–Trinajstić information content (AvgIpc) is 2.56. The van der Waals surface area contributed by atoms with Gasteiger partial charge in [0.25, 0.3) is 0 Å². The quantitative estimate of drug-likeness (QED) is 0.820. The minimum atomic E-state index is 0.221. The lowest BCUT2D eigenvalue weighted by Gasteiger charge is -2.22. The third-order valence-electron chi connectivity index (χ3n) is 4.04. The molecule has 0 atom stereocenters. The van der Waals surface area contributed by atoms with Gasteiger partial charge in [0.2, 0.25) is 5.82 Å². The summed E-state index contributed by atoms with van der Waals surface area (Å²) in [6.45, 7) is 0. The molecule has 0 radical (unpaired) electrons. The number of nitriles is 1. The van der Waals surface area contributed by atoms with Crippen LogP contribution >= 0.6 is 0 Å². The summed E-state index contributed by atoms with van der Waals surface area (Å²) in [5.41, 5.74) is 3.29. The molecule has 0 N–H and O–H groups in total. The molecular formula is C17H17N3. The molecule has 1 saturated carbocycles. The Kier molecular flexibility index (Phi) is 3.73. The Morgan fingerprint density at radius 2 is 1.75 bits per heavy atom. The fourth-order valence-corrected chi connectivity index (χ4v) is 2.94. The van der Waals surface area contributed by atoms with E-state index in [-0.39, 0.29) is 5.82 Å². The van der Waals surface area contributed by atoms with Gasteiger partial charge in [-0.2, -0.15) is 5.26 Å². The largest absolute Gasteiger partial charge is 0.232 e. The van der Waals surface area contributed by atoms with Gasteiger partial charge in [-0.15, -0.1) is 0 Å². The van der Waals surface area contributed by atoms with Crippen LogP contribution in [0.1, 0.15) is 49.4 Å². The van der Waals surface area contributed by atoms with Crippen molar-refractivity contribution in [3.8, 4) is 17.3 Å². The Morgan fingerprint density at radius 3 is 2.45 bits per heavy atom. The van der Waals surface area contributed by atoms with Crippen LogP contribution in [-0.2, 0) is 0 Å². The molecule has 1 fully saturated rings. The summed E-state index contributed by atoms with van der Waals surface area (Å²) >= 11 is 0. The number of aromatic nitrogens is 2. The second-order valence-corrected chi connectivity index (χ2v) is 5.33. The molecule has 1 aromatic carbocycles. The Morgan fingerprint density at radius 1 is 1.00 bits per heavy atom. The van der Waals surface area contributed by atoms with E-state index in [1.807, 2.05) is 12.1 Å². The lowest BCUT2D eigenvalue weighted by atomic mass is 9.84. The van der Waals surface area contributed by atoms with E-state index in [0.29, 0.717) is 0 Å². The van der Waals surface area contributed by atoms with Crippen LogP contribution in [0.5, 0.6) is 0 Å². The molecule has 1 aliphatic rings. The highest BCUT2D eigenvalue weighted by Crippen LogP contribution is 2.33. The van der Waals surface area contributed by atoms with E-state index in [1.54, 1.807) is 6.20 Å². The summed E-state index contributed by atoms with van der Waals surface area (Å²) < 4.78 is 0. The summed E-state index contributed by atoms with van der Waals surface area (Å²) in [7, 11) is 0. The predicted molar refractivity (Wildman–Crippen MR) is 78.0 cm³/mol. The lowest BCUT2D eigenvalue weighted by Crippen LogP contribution is -2.04. The molecule has 1 aliphatic carbocycles. The third kappa shape index (κ3) is 2.70.